The second-order valence-corrected chi connectivity index (χ2v) is 6.30. The summed E-state index contributed by atoms with van der Waals surface area (Å²) in [6.07, 6.45) is 1.20. The summed E-state index contributed by atoms with van der Waals surface area (Å²) in [6, 6.07) is 10.0. The van der Waals surface area contributed by atoms with Crippen molar-refractivity contribution in [1.82, 2.24) is 20.2 Å². The highest BCUT2D eigenvalue weighted by molar-refractivity contribution is 5.59. The number of alkyl halides is 2. The van der Waals surface area contributed by atoms with Crippen LogP contribution >= 0.6 is 0 Å². The number of rotatable bonds is 3. The number of H-pyrrole nitrogens is 2. The minimum absolute atomic E-state index is 0.0681. The molecule has 1 fully saturated rings. The molecule has 1 aliphatic rings. The fourth-order valence-electron chi connectivity index (χ4n) is 3.30. The summed E-state index contributed by atoms with van der Waals surface area (Å²) in [4.78, 5) is 27.5. The topological polar surface area (TPSA) is 91.5 Å². The van der Waals surface area contributed by atoms with Crippen molar-refractivity contribution in [1.29, 1.82) is 0 Å². The molecule has 1 aliphatic carbocycles. The lowest BCUT2D eigenvalue weighted by Gasteiger charge is -2.06. The summed E-state index contributed by atoms with van der Waals surface area (Å²) < 4.78 is 29.0. The zero-order valence-electron chi connectivity index (χ0n) is 13.7. The van der Waals surface area contributed by atoms with Gasteiger partial charge in [0.1, 0.15) is 5.69 Å². The van der Waals surface area contributed by atoms with E-state index in [-0.39, 0.29) is 11.3 Å². The average Bonchev–Trinajstić information content (AvgIpc) is 3.18. The largest absolute Gasteiger partial charge is 0.325 e. The highest BCUT2D eigenvalue weighted by atomic mass is 19.3. The summed E-state index contributed by atoms with van der Waals surface area (Å²) in [7, 11) is 0. The van der Waals surface area contributed by atoms with Crippen molar-refractivity contribution in [2.45, 2.75) is 24.7 Å². The van der Waals surface area contributed by atoms with Gasteiger partial charge in [-0.05, 0) is 24.1 Å². The number of hydrogen-bond donors (Lipinski definition) is 2. The molecule has 1 aromatic carbocycles. The quantitative estimate of drug-likeness (QED) is 0.754. The molecular formula is C18H14F2N4O2. The van der Waals surface area contributed by atoms with Crippen LogP contribution in [0.15, 0.2) is 52.2 Å². The van der Waals surface area contributed by atoms with Gasteiger partial charge in [0.15, 0.2) is 0 Å². The van der Waals surface area contributed by atoms with Crippen LogP contribution in [0.4, 0.5) is 8.78 Å². The Balaban J connectivity index is 1.78. The van der Waals surface area contributed by atoms with Crippen molar-refractivity contribution in [3.05, 3.63) is 80.3 Å². The SMILES string of the molecule is Cc1nnc(-c2c[nH]c(=O)[nH]c2=O)cc1[C@@H]1[C@@H](c2ccccc2)C1(F)F. The summed E-state index contributed by atoms with van der Waals surface area (Å²) >= 11 is 0. The molecule has 0 aliphatic heterocycles. The van der Waals surface area contributed by atoms with E-state index in [2.05, 4.69) is 20.2 Å². The van der Waals surface area contributed by atoms with Crippen LogP contribution in [0, 0.1) is 6.92 Å². The third-order valence-electron chi connectivity index (χ3n) is 4.66. The molecule has 0 saturated heterocycles. The first-order valence-corrected chi connectivity index (χ1v) is 7.99. The van der Waals surface area contributed by atoms with E-state index in [0.29, 0.717) is 16.8 Å². The number of nitrogens with zero attached hydrogens (tertiary/aromatic N) is 2. The van der Waals surface area contributed by atoms with Crippen molar-refractivity contribution in [2.24, 2.45) is 0 Å². The van der Waals surface area contributed by atoms with Crippen molar-refractivity contribution >= 4 is 0 Å². The molecule has 3 aromatic rings. The van der Waals surface area contributed by atoms with Gasteiger partial charge < -0.3 is 4.98 Å². The van der Waals surface area contributed by atoms with Crippen LogP contribution in [-0.4, -0.2) is 26.1 Å². The Kier molecular flexibility index (Phi) is 3.57. The van der Waals surface area contributed by atoms with Gasteiger partial charge >= 0.3 is 5.69 Å². The monoisotopic (exact) mass is 356 g/mol. The normalized spacial score (nSPS) is 20.7. The second kappa shape index (κ2) is 5.69. The van der Waals surface area contributed by atoms with Crippen LogP contribution in [0.1, 0.15) is 28.7 Å². The van der Waals surface area contributed by atoms with Crippen LogP contribution in [0.3, 0.4) is 0 Å². The Morgan fingerprint density at radius 2 is 1.81 bits per heavy atom. The first-order valence-electron chi connectivity index (χ1n) is 7.99. The zero-order chi connectivity index (χ0) is 18.5. The minimum atomic E-state index is -2.90. The highest BCUT2D eigenvalue weighted by Crippen LogP contribution is 2.67. The Bertz CT molecular complexity index is 1090. The third-order valence-corrected chi connectivity index (χ3v) is 4.66. The predicted octanol–water partition coefficient (Wildman–Crippen LogP) is 2.34. The number of benzene rings is 1. The smallest absolute Gasteiger partial charge is 0.313 e. The number of aryl methyl sites for hydroxylation is 1. The molecule has 4 rings (SSSR count). The average molecular weight is 356 g/mol. The van der Waals surface area contributed by atoms with Crippen molar-refractivity contribution < 1.29 is 8.78 Å². The van der Waals surface area contributed by atoms with E-state index in [9.17, 15) is 18.4 Å². The molecule has 8 heteroatoms. The van der Waals surface area contributed by atoms with Gasteiger partial charge in [-0.3, -0.25) is 9.78 Å². The number of aromatic nitrogens is 4. The van der Waals surface area contributed by atoms with E-state index in [1.807, 2.05) is 0 Å². The standard InChI is InChI=1S/C18H14F2N4O2/c1-9-11(15-14(18(15,19)20)10-5-3-2-4-6-10)7-13(24-23-9)12-8-21-17(26)22-16(12)25/h2-8,14-15H,1H3,(H2,21,22,25,26)/t14-,15-/m1/s1. The summed E-state index contributed by atoms with van der Waals surface area (Å²) in [5.74, 6) is -4.86. The van der Waals surface area contributed by atoms with Crippen LogP contribution < -0.4 is 11.2 Å². The van der Waals surface area contributed by atoms with Gasteiger partial charge in [0.2, 0.25) is 0 Å². The fourth-order valence-corrected chi connectivity index (χ4v) is 3.30. The van der Waals surface area contributed by atoms with Gasteiger partial charge in [-0.2, -0.15) is 5.10 Å². The molecule has 0 radical (unpaired) electrons. The molecular weight excluding hydrogens is 342 g/mol. The lowest BCUT2D eigenvalue weighted by molar-refractivity contribution is 0.105. The summed E-state index contributed by atoms with van der Waals surface area (Å²) in [5, 5.41) is 7.86. The van der Waals surface area contributed by atoms with E-state index in [1.54, 1.807) is 37.3 Å². The molecule has 26 heavy (non-hydrogen) atoms. The molecule has 1 saturated carbocycles. The zero-order valence-corrected chi connectivity index (χ0v) is 13.7. The summed E-state index contributed by atoms with van der Waals surface area (Å²) in [5.41, 5.74) is 0.187. The third kappa shape index (κ3) is 2.54. The van der Waals surface area contributed by atoms with Crippen molar-refractivity contribution in [3.8, 4) is 11.3 Å². The van der Waals surface area contributed by atoms with Crippen LogP contribution in [0.5, 0.6) is 0 Å². The molecule has 132 valence electrons. The molecule has 0 spiro atoms. The van der Waals surface area contributed by atoms with Crippen LogP contribution in [-0.2, 0) is 0 Å². The Morgan fingerprint density at radius 3 is 2.50 bits per heavy atom. The lowest BCUT2D eigenvalue weighted by Crippen LogP contribution is -2.23. The van der Waals surface area contributed by atoms with Gasteiger partial charge in [-0.1, -0.05) is 30.3 Å². The molecule has 6 nitrogen and oxygen atoms in total. The molecule has 2 atom stereocenters. The van der Waals surface area contributed by atoms with Gasteiger partial charge in [-0.25, -0.2) is 13.6 Å². The Labute approximate surface area is 146 Å². The number of halogens is 2. The van der Waals surface area contributed by atoms with Gasteiger partial charge in [0.05, 0.1) is 23.1 Å². The highest BCUT2D eigenvalue weighted by Gasteiger charge is 2.69. The van der Waals surface area contributed by atoms with E-state index < -0.39 is 29.0 Å². The maximum absolute atomic E-state index is 14.5. The minimum Gasteiger partial charge on any atom is -0.313 e. The van der Waals surface area contributed by atoms with E-state index in [1.165, 1.54) is 12.3 Å². The summed E-state index contributed by atoms with van der Waals surface area (Å²) in [6.45, 7) is 1.61. The number of aromatic amines is 2. The molecule has 2 N–H and O–H groups in total. The Morgan fingerprint density at radius 1 is 1.08 bits per heavy atom. The maximum Gasteiger partial charge on any atom is 0.325 e. The van der Waals surface area contributed by atoms with E-state index >= 15 is 0 Å². The van der Waals surface area contributed by atoms with Gasteiger partial charge in [-0.15, -0.1) is 5.10 Å². The van der Waals surface area contributed by atoms with Crippen LogP contribution in [0.25, 0.3) is 11.3 Å². The fraction of sp³-hybridized carbons (Fsp3) is 0.222. The second-order valence-electron chi connectivity index (χ2n) is 6.30. The molecule has 2 heterocycles. The molecule has 0 amide bonds. The van der Waals surface area contributed by atoms with Gasteiger partial charge in [0.25, 0.3) is 11.5 Å². The van der Waals surface area contributed by atoms with Crippen LogP contribution in [0.2, 0.25) is 0 Å². The molecule has 0 bridgehead atoms. The van der Waals surface area contributed by atoms with Crippen molar-refractivity contribution in [3.63, 3.8) is 0 Å². The lowest BCUT2D eigenvalue weighted by atomic mass is 10.0. The Hall–Kier alpha value is -3.16. The number of nitrogens with one attached hydrogen (secondary N) is 2. The number of hydrogen-bond acceptors (Lipinski definition) is 4. The van der Waals surface area contributed by atoms with Crippen molar-refractivity contribution in [2.75, 3.05) is 0 Å². The molecule has 2 aromatic heterocycles. The first kappa shape index (κ1) is 16.3. The first-order chi connectivity index (χ1) is 12.4. The van der Waals surface area contributed by atoms with E-state index in [4.69, 9.17) is 0 Å². The predicted molar refractivity (Wildman–Crippen MR) is 90.3 cm³/mol. The van der Waals surface area contributed by atoms with E-state index in [0.717, 1.165) is 0 Å². The maximum atomic E-state index is 14.5. The molecule has 0 unspecified atom stereocenters. The van der Waals surface area contributed by atoms with Gasteiger partial charge in [0, 0.05) is 6.20 Å².